The fourth-order valence-corrected chi connectivity index (χ4v) is 2.56. The lowest BCUT2D eigenvalue weighted by atomic mass is 10.1. The number of sulfonamides is 1. The molecule has 0 aliphatic carbocycles. The summed E-state index contributed by atoms with van der Waals surface area (Å²) < 4.78 is 23.5. The van der Waals surface area contributed by atoms with Gasteiger partial charge in [0, 0.05) is 46.1 Å². The number of rotatable bonds is 8. The Balaban J connectivity index is 2.13. The fraction of sp³-hybridized carbons (Fsp3) is 0.846. The molecule has 8 heteroatoms. The number of likely N-dealkylation sites (N-methyl/N-ethyl adjacent to an activating group) is 1. The summed E-state index contributed by atoms with van der Waals surface area (Å²) in [5.74, 6) is 0.0674. The van der Waals surface area contributed by atoms with Gasteiger partial charge in [-0.05, 0) is 19.3 Å². The monoisotopic (exact) mass is 319 g/mol. The highest BCUT2D eigenvalue weighted by molar-refractivity contribution is 7.88. The second kappa shape index (κ2) is 8.33. The molecule has 0 spiro atoms. The maximum atomic E-state index is 11.6. The van der Waals surface area contributed by atoms with Gasteiger partial charge in [-0.25, -0.2) is 12.7 Å². The van der Waals surface area contributed by atoms with Crippen molar-refractivity contribution in [3.8, 4) is 0 Å². The molecule has 7 nitrogen and oxygen atoms in total. The van der Waals surface area contributed by atoms with Crippen LogP contribution in [0.1, 0.15) is 32.1 Å². The van der Waals surface area contributed by atoms with Crippen LogP contribution in [-0.4, -0.2) is 68.9 Å². The third-order valence-electron chi connectivity index (χ3n) is 3.57. The summed E-state index contributed by atoms with van der Waals surface area (Å²) in [5.41, 5.74) is 0. The predicted octanol–water partition coefficient (Wildman–Crippen LogP) is -0.213. The van der Waals surface area contributed by atoms with E-state index in [9.17, 15) is 18.0 Å². The van der Waals surface area contributed by atoms with Crippen LogP contribution >= 0.6 is 0 Å². The van der Waals surface area contributed by atoms with E-state index in [0.717, 1.165) is 25.6 Å². The lowest BCUT2D eigenvalue weighted by Crippen LogP contribution is -2.37. The number of nitrogens with one attached hydrogen (secondary N) is 1. The van der Waals surface area contributed by atoms with Crippen LogP contribution in [0.4, 0.5) is 0 Å². The number of hydrogen-bond donors (Lipinski definition) is 1. The molecule has 0 aromatic carbocycles. The molecule has 1 rings (SSSR count). The molecular formula is C13H25N3O4S. The number of carbonyl (C=O) groups is 2. The SMILES string of the molecule is CN(CCNC(=O)CCCN1CCCCC1=O)S(C)(=O)=O. The highest BCUT2D eigenvalue weighted by atomic mass is 32.2. The van der Waals surface area contributed by atoms with Crippen LogP contribution in [0, 0.1) is 0 Å². The highest BCUT2D eigenvalue weighted by Crippen LogP contribution is 2.11. The number of hydrogen-bond acceptors (Lipinski definition) is 4. The van der Waals surface area contributed by atoms with Crippen LogP contribution in [0.5, 0.6) is 0 Å². The summed E-state index contributed by atoms with van der Waals surface area (Å²) in [6.07, 6.45) is 4.74. The topological polar surface area (TPSA) is 86.8 Å². The minimum absolute atomic E-state index is 0.110. The summed E-state index contributed by atoms with van der Waals surface area (Å²) in [7, 11) is -1.72. The van der Waals surface area contributed by atoms with Crippen molar-refractivity contribution in [3.63, 3.8) is 0 Å². The maximum absolute atomic E-state index is 11.6. The van der Waals surface area contributed by atoms with Gasteiger partial charge in [0.05, 0.1) is 6.26 Å². The van der Waals surface area contributed by atoms with E-state index in [1.807, 2.05) is 4.90 Å². The maximum Gasteiger partial charge on any atom is 0.222 e. The molecule has 0 atom stereocenters. The second-order valence-corrected chi connectivity index (χ2v) is 7.47. The predicted molar refractivity (Wildman–Crippen MR) is 80.1 cm³/mol. The zero-order valence-electron chi connectivity index (χ0n) is 12.8. The normalized spacial score (nSPS) is 16.3. The number of amides is 2. The Hall–Kier alpha value is -1.15. The zero-order valence-corrected chi connectivity index (χ0v) is 13.6. The van der Waals surface area contributed by atoms with Gasteiger partial charge in [0.1, 0.15) is 0 Å². The standard InChI is InChI=1S/C13H25N3O4S/c1-15(21(2,19)20)11-8-14-12(17)6-5-10-16-9-4-3-7-13(16)18/h3-11H2,1-2H3,(H,14,17). The van der Waals surface area contributed by atoms with E-state index in [1.54, 1.807) is 0 Å². The molecule has 1 aliphatic rings. The van der Waals surface area contributed by atoms with Crippen molar-refractivity contribution >= 4 is 21.8 Å². The van der Waals surface area contributed by atoms with E-state index in [4.69, 9.17) is 0 Å². The Labute approximate surface area is 126 Å². The Kier molecular flexibility index (Phi) is 7.10. The third-order valence-corrected chi connectivity index (χ3v) is 4.88. The van der Waals surface area contributed by atoms with Crippen molar-refractivity contribution in [2.75, 3.05) is 39.5 Å². The number of piperidine rings is 1. The van der Waals surface area contributed by atoms with Crippen molar-refractivity contribution in [2.45, 2.75) is 32.1 Å². The molecule has 1 heterocycles. The third kappa shape index (κ3) is 6.90. The lowest BCUT2D eigenvalue weighted by molar-refractivity contribution is -0.133. The molecule has 1 aliphatic heterocycles. The lowest BCUT2D eigenvalue weighted by Gasteiger charge is -2.26. The van der Waals surface area contributed by atoms with Crippen LogP contribution in [-0.2, 0) is 19.6 Å². The second-order valence-electron chi connectivity index (χ2n) is 5.38. The molecule has 0 radical (unpaired) electrons. The van der Waals surface area contributed by atoms with Crippen molar-refractivity contribution in [3.05, 3.63) is 0 Å². The average Bonchev–Trinajstić information content (AvgIpc) is 2.39. The first-order valence-corrected chi connectivity index (χ1v) is 9.11. The number of nitrogens with zero attached hydrogens (tertiary/aromatic N) is 2. The first-order valence-electron chi connectivity index (χ1n) is 7.26. The van der Waals surface area contributed by atoms with Crippen LogP contribution in [0.2, 0.25) is 0 Å². The first-order chi connectivity index (χ1) is 9.80. The van der Waals surface area contributed by atoms with Crippen LogP contribution in [0.15, 0.2) is 0 Å². The highest BCUT2D eigenvalue weighted by Gasteiger charge is 2.17. The Morgan fingerprint density at radius 1 is 1.38 bits per heavy atom. The van der Waals surface area contributed by atoms with Gasteiger partial charge in [0.2, 0.25) is 21.8 Å². The molecule has 0 saturated carbocycles. The van der Waals surface area contributed by atoms with Crippen molar-refractivity contribution in [1.29, 1.82) is 0 Å². The van der Waals surface area contributed by atoms with Crippen LogP contribution in [0.25, 0.3) is 0 Å². The van der Waals surface area contributed by atoms with Crippen molar-refractivity contribution < 1.29 is 18.0 Å². The first kappa shape index (κ1) is 17.9. The molecule has 21 heavy (non-hydrogen) atoms. The summed E-state index contributed by atoms with van der Waals surface area (Å²) in [4.78, 5) is 25.0. The number of likely N-dealkylation sites (tertiary alicyclic amines) is 1. The molecule has 0 unspecified atom stereocenters. The van der Waals surface area contributed by atoms with E-state index in [0.29, 0.717) is 32.4 Å². The van der Waals surface area contributed by atoms with Crippen molar-refractivity contribution in [2.24, 2.45) is 0 Å². The molecule has 1 N–H and O–H groups in total. The molecule has 1 fully saturated rings. The van der Waals surface area contributed by atoms with E-state index in [1.165, 1.54) is 11.4 Å². The molecular weight excluding hydrogens is 294 g/mol. The molecule has 2 amide bonds. The Morgan fingerprint density at radius 2 is 2.10 bits per heavy atom. The minimum atomic E-state index is -3.20. The number of carbonyl (C=O) groups excluding carboxylic acids is 2. The van der Waals surface area contributed by atoms with Gasteiger partial charge in [-0.2, -0.15) is 0 Å². The van der Waals surface area contributed by atoms with Gasteiger partial charge in [0.15, 0.2) is 0 Å². The Morgan fingerprint density at radius 3 is 2.71 bits per heavy atom. The van der Waals surface area contributed by atoms with E-state index in [2.05, 4.69) is 5.32 Å². The summed E-state index contributed by atoms with van der Waals surface area (Å²) >= 11 is 0. The summed E-state index contributed by atoms with van der Waals surface area (Å²) in [6, 6.07) is 0. The average molecular weight is 319 g/mol. The van der Waals surface area contributed by atoms with Crippen molar-refractivity contribution in [1.82, 2.24) is 14.5 Å². The van der Waals surface area contributed by atoms with E-state index < -0.39 is 10.0 Å². The smallest absolute Gasteiger partial charge is 0.222 e. The van der Waals surface area contributed by atoms with E-state index >= 15 is 0 Å². The molecule has 0 bridgehead atoms. The van der Waals surface area contributed by atoms with E-state index in [-0.39, 0.29) is 18.4 Å². The largest absolute Gasteiger partial charge is 0.355 e. The molecule has 0 aromatic rings. The minimum Gasteiger partial charge on any atom is -0.355 e. The molecule has 122 valence electrons. The van der Waals surface area contributed by atoms with Gasteiger partial charge in [0.25, 0.3) is 0 Å². The fourth-order valence-electron chi connectivity index (χ4n) is 2.14. The molecule has 1 saturated heterocycles. The van der Waals surface area contributed by atoms with Gasteiger partial charge in [-0.3, -0.25) is 9.59 Å². The van der Waals surface area contributed by atoms with Gasteiger partial charge < -0.3 is 10.2 Å². The quantitative estimate of drug-likeness (QED) is 0.670. The van der Waals surface area contributed by atoms with Gasteiger partial charge in [-0.1, -0.05) is 0 Å². The van der Waals surface area contributed by atoms with Crippen LogP contribution in [0.3, 0.4) is 0 Å². The molecule has 0 aromatic heterocycles. The van der Waals surface area contributed by atoms with Crippen LogP contribution < -0.4 is 5.32 Å². The zero-order chi connectivity index (χ0) is 15.9. The Bertz CT molecular complexity index is 464. The summed E-state index contributed by atoms with van der Waals surface area (Å²) in [5, 5.41) is 2.69. The van der Waals surface area contributed by atoms with Gasteiger partial charge >= 0.3 is 0 Å². The van der Waals surface area contributed by atoms with Gasteiger partial charge in [-0.15, -0.1) is 0 Å². The summed E-state index contributed by atoms with van der Waals surface area (Å²) in [6.45, 7) is 1.97.